The summed E-state index contributed by atoms with van der Waals surface area (Å²) in [6, 6.07) is 8.74. The Balaban J connectivity index is 2.64. The lowest BCUT2D eigenvalue weighted by Crippen LogP contribution is -2.05. The Hall–Kier alpha value is -1.01. The molecule has 0 bridgehead atoms. The highest BCUT2D eigenvalue weighted by molar-refractivity contribution is 14.1. The van der Waals surface area contributed by atoms with Crippen molar-refractivity contribution >= 4 is 40.2 Å². The second-order valence-corrected chi connectivity index (χ2v) is 4.82. The predicted octanol–water partition coefficient (Wildman–Crippen LogP) is 3.43. The van der Waals surface area contributed by atoms with Gasteiger partial charge in [0.15, 0.2) is 0 Å². The van der Waals surface area contributed by atoms with E-state index in [1.807, 2.05) is 6.07 Å². The minimum atomic E-state index is -0.970. The minimum Gasteiger partial charge on any atom is -0.477 e. The molecule has 1 aromatic carbocycles. The summed E-state index contributed by atoms with van der Waals surface area (Å²) in [7, 11) is 0. The lowest BCUT2D eigenvalue weighted by Gasteiger charge is -2.07. The highest BCUT2D eigenvalue weighted by atomic mass is 127. The molecule has 0 atom stereocenters. The van der Waals surface area contributed by atoms with Crippen LogP contribution in [0.25, 0.3) is 5.69 Å². The number of carboxylic acid groups (broad SMARTS) is 1. The zero-order valence-electron chi connectivity index (χ0n) is 8.02. The van der Waals surface area contributed by atoms with Crippen LogP contribution in [0.3, 0.4) is 0 Å². The summed E-state index contributed by atoms with van der Waals surface area (Å²) in [6.07, 6.45) is 1.74. The van der Waals surface area contributed by atoms with Gasteiger partial charge in [-0.15, -0.1) is 0 Å². The van der Waals surface area contributed by atoms with Crippen molar-refractivity contribution in [1.82, 2.24) is 4.57 Å². The first kappa shape index (κ1) is 11.5. The van der Waals surface area contributed by atoms with Crippen LogP contribution in [0.15, 0.2) is 36.5 Å². The summed E-state index contributed by atoms with van der Waals surface area (Å²) >= 11 is 8.10. The van der Waals surface area contributed by atoms with E-state index in [-0.39, 0.29) is 5.69 Å². The highest BCUT2D eigenvalue weighted by Crippen LogP contribution is 2.23. The van der Waals surface area contributed by atoms with Gasteiger partial charge in [0.05, 0.1) is 10.7 Å². The average molecular weight is 348 g/mol. The van der Waals surface area contributed by atoms with Crippen molar-refractivity contribution in [2.75, 3.05) is 0 Å². The van der Waals surface area contributed by atoms with Crippen molar-refractivity contribution in [3.8, 4) is 5.69 Å². The van der Waals surface area contributed by atoms with Gasteiger partial charge in [0.25, 0.3) is 0 Å². The number of nitrogens with zero attached hydrogens (tertiary/aromatic N) is 1. The summed E-state index contributed by atoms with van der Waals surface area (Å²) in [5.41, 5.74) is 0.877. The second kappa shape index (κ2) is 4.47. The van der Waals surface area contributed by atoms with Gasteiger partial charge in [-0.1, -0.05) is 23.7 Å². The van der Waals surface area contributed by atoms with Gasteiger partial charge in [0.1, 0.15) is 5.69 Å². The van der Waals surface area contributed by atoms with Gasteiger partial charge in [-0.2, -0.15) is 0 Å². The molecule has 0 aliphatic carbocycles. The van der Waals surface area contributed by atoms with Gasteiger partial charge >= 0.3 is 5.97 Å². The Morgan fingerprint density at radius 3 is 2.69 bits per heavy atom. The fourth-order valence-electron chi connectivity index (χ4n) is 1.44. The fourth-order valence-corrected chi connectivity index (χ4v) is 2.24. The SMILES string of the molecule is O=C(O)c1cc(I)cn1-c1ccccc1Cl. The number of carboxylic acids is 1. The lowest BCUT2D eigenvalue weighted by atomic mass is 10.3. The average Bonchev–Trinajstić information content (AvgIpc) is 2.61. The Morgan fingerprint density at radius 1 is 1.38 bits per heavy atom. The second-order valence-electron chi connectivity index (χ2n) is 3.17. The van der Waals surface area contributed by atoms with Crippen LogP contribution >= 0.6 is 34.2 Å². The predicted molar refractivity (Wildman–Crippen MR) is 70.5 cm³/mol. The normalized spacial score (nSPS) is 10.4. The third-order valence-electron chi connectivity index (χ3n) is 2.12. The van der Waals surface area contributed by atoms with Crippen LogP contribution in [0.2, 0.25) is 5.02 Å². The zero-order valence-corrected chi connectivity index (χ0v) is 10.9. The molecule has 0 aliphatic rings. The minimum absolute atomic E-state index is 0.206. The van der Waals surface area contributed by atoms with E-state index in [0.717, 1.165) is 3.57 Å². The molecular weight excluding hydrogens is 340 g/mol. The summed E-state index contributed by atoms with van der Waals surface area (Å²) < 4.78 is 2.43. The standard InChI is InChI=1S/C11H7ClINO2/c12-8-3-1-2-4-9(8)14-6-7(13)5-10(14)11(15)16/h1-6H,(H,15,16). The molecule has 0 saturated carbocycles. The zero-order chi connectivity index (χ0) is 11.7. The molecule has 0 saturated heterocycles. The van der Waals surface area contributed by atoms with E-state index in [2.05, 4.69) is 22.6 Å². The van der Waals surface area contributed by atoms with Crippen molar-refractivity contribution in [3.05, 3.63) is 50.8 Å². The fraction of sp³-hybridized carbons (Fsp3) is 0. The van der Waals surface area contributed by atoms with E-state index in [4.69, 9.17) is 16.7 Å². The number of carbonyl (C=O) groups is 1. The summed E-state index contributed by atoms with van der Waals surface area (Å²) in [5.74, 6) is -0.970. The Morgan fingerprint density at radius 2 is 2.06 bits per heavy atom. The molecular formula is C11H7ClINO2. The van der Waals surface area contributed by atoms with Gasteiger partial charge in [0.2, 0.25) is 0 Å². The van der Waals surface area contributed by atoms with Crippen LogP contribution in [0.4, 0.5) is 0 Å². The van der Waals surface area contributed by atoms with E-state index in [1.165, 1.54) is 0 Å². The van der Waals surface area contributed by atoms with Crippen molar-refractivity contribution < 1.29 is 9.90 Å². The molecule has 82 valence electrons. The van der Waals surface area contributed by atoms with Gasteiger partial charge in [0, 0.05) is 9.77 Å². The molecule has 0 aliphatic heterocycles. The molecule has 0 unspecified atom stereocenters. The van der Waals surface area contributed by atoms with Crippen LogP contribution in [-0.4, -0.2) is 15.6 Å². The van der Waals surface area contributed by atoms with Crippen molar-refractivity contribution in [2.45, 2.75) is 0 Å². The largest absolute Gasteiger partial charge is 0.477 e. The van der Waals surface area contributed by atoms with Crippen LogP contribution in [0.5, 0.6) is 0 Å². The first-order valence-electron chi connectivity index (χ1n) is 4.45. The summed E-state index contributed by atoms with van der Waals surface area (Å²) in [4.78, 5) is 11.1. The summed E-state index contributed by atoms with van der Waals surface area (Å²) in [5, 5.41) is 9.59. The lowest BCUT2D eigenvalue weighted by molar-refractivity contribution is 0.0688. The van der Waals surface area contributed by atoms with E-state index in [1.54, 1.807) is 35.0 Å². The highest BCUT2D eigenvalue weighted by Gasteiger charge is 2.14. The number of rotatable bonds is 2. The van der Waals surface area contributed by atoms with E-state index < -0.39 is 5.97 Å². The monoisotopic (exact) mass is 347 g/mol. The molecule has 0 fully saturated rings. The van der Waals surface area contributed by atoms with Gasteiger partial charge in [-0.3, -0.25) is 0 Å². The van der Waals surface area contributed by atoms with Crippen LogP contribution in [-0.2, 0) is 0 Å². The molecule has 2 rings (SSSR count). The Labute approximate surface area is 111 Å². The first-order chi connectivity index (χ1) is 7.59. The molecule has 1 heterocycles. The molecule has 1 aromatic heterocycles. The molecule has 1 N–H and O–H groups in total. The molecule has 0 amide bonds. The van der Waals surface area contributed by atoms with Gasteiger partial charge in [-0.05, 0) is 40.8 Å². The molecule has 5 heteroatoms. The maximum absolute atomic E-state index is 11.1. The smallest absolute Gasteiger partial charge is 0.352 e. The molecule has 16 heavy (non-hydrogen) atoms. The maximum Gasteiger partial charge on any atom is 0.352 e. The van der Waals surface area contributed by atoms with Crippen molar-refractivity contribution in [1.29, 1.82) is 0 Å². The van der Waals surface area contributed by atoms with E-state index in [9.17, 15) is 4.79 Å². The van der Waals surface area contributed by atoms with Crippen LogP contribution < -0.4 is 0 Å². The third-order valence-corrected chi connectivity index (χ3v) is 3.03. The number of aromatic nitrogens is 1. The topological polar surface area (TPSA) is 42.2 Å². The first-order valence-corrected chi connectivity index (χ1v) is 5.91. The number of aromatic carboxylic acids is 1. The quantitative estimate of drug-likeness (QED) is 0.846. The Kier molecular flexibility index (Phi) is 3.20. The number of halogens is 2. The molecule has 0 spiro atoms. The van der Waals surface area contributed by atoms with Crippen molar-refractivity contribution in [3.63, 3.8) is 0 Å². The number of hydrogen-bond donors (Lipinski definition) is 1. The third kappa shape index (κ3) is 2.08. The van der Waals surface area contributed by atoms with Gasteiger partial charge < -0.3 is 9.67 Å². The molecule has 0 radical (unpaired) electrons. The Bertz CT molecular complexity index is 551. The van der Waals surface area contributed by atoms with Crippen LogP contribution in [0, 0.1) is 3.57 Å². The summed E-state index contributed by atoms with van der Waals surface area (Å²) in [6.45, 7) is 0. The number of hydrogen-bond acceptors (Lipinski definition) is 1. The maximum atomic E-state index is 11.1. The number of para-hydroxylation sites is 1. The number of benzene rings is 1. The molecule has 2 aromatic rings. The molecule has 3 nitrogen and oxygen atoms in total. The van der Waals surface area contributed by atoms with Crippen molar-refractivity contribution in [2.24, 2.45) is 0 Å². The van der Waals surface area contributed by atoms with Gasteiger partial charge in [-0.25, -0.2) is 4.79 Å². The van der Waals surface area contributed by atoms with E-state index in [0.29, 0.717) is 10.7 Å². The van der Waals surface area contributed by atoms with E-state index >= 15 is 0 Å². The van der Waals surface area contributed by atoms with Crippen LogP contribution in [0.1, 0.15) is 10.5 Å².